The predicted molar refractivity (Wildman–Crippen MR) is 66.5 cm³/mol. The maximum absolute atomic E-state index is 2.28. The van der Waals surface area contributed by atoms with Crippen molar-refractivity contribution >= 4 is 11.4 Å². The average molecular weight is 202 g/mol. The summed E-state index contributed by atoms with van der Waals surface area (Å²) in [7, 11) is 2.09. The van der Waals surface area contributed by atoms with Gasteiger partial charge in [0, 0.05) is 26.0 Å². The number of nitrogens with zero attached hydrogens (tertiary/aromatic N) is 2. The summed E-state index contributed by atoms with van der Waals surface area (Å²) < 4.78 is 0. The summed E-state index contributed by atoms with van der Waals surface area (Å²) in [4.78, 5) is 4.45. The molecule has 1 heterocycles. The highest BCUT2D eigenvalue weighted by Gasteiger charge is 2.15. The van der Waals surface area contributed by atoms with Crippen molar-refractivity contribution in [3.05, 3.63) is 35.7 Å². The third kappa shape index (κ3) is 1.60. The van der Waals surface area contributed by atoms with Crippen molar-refractivity contribution in [3.63, 3.8) is 0 Å². The zero-order valence-electron chi connectivity index (χ0n) is 9.91. The number of fused-ring (bicyclic) bond motifs is 1. The third-order valence-corrected chi connectivity index (χ3v) is 3.09. The van der Waals surface area contributed by atoms with Gasteiger partial charge in [-0.2, -0.15) is 0 Å². The molecule has 0 saturated heterocycles. The highest BCUT2D eigenvalue weighted by atomic mass is 15.2. The first-order valence-corrected chi connectivity index (χ1v) is 5.42. The van der Waals surface area contributed by atoms with Crippen LogP contribution >= 0.6 is 0 Å². The highest BCUT2D eigenvalue weighted by Crippen LogP contribution is 2.34. The van der Waals surface area contributed by atoms with Crippen LogP contribution in [0.3, 0.4) is 0 Å². The van der Waals surface area contributed by atoms with Crippen LogP contribution in [0.4, 0.5) is 11.4 Å². The molecular weight excluding hydrogens is 184 g/mol. The summed E-state index contributed by atoms with van der Waals surface area (Å²) in [5.74, 6) is 0. The lowest BCUT2D eigenvalue weighted by Crippen LogP contribution is -2.25. The Morgan fingerprint density at radius 1 is 1.00 bits per heavy atom. The largest absolute Gasteiger partial charge is 0.348 e. The Balaban J connectivity index is 2.57. The Bertz CT molecular complexity index is 407. The van der Waals surface area contributed by atoms with Gasteiger partial charge in [0.25, 0.3) is 0 Å². The molecule has 0 aromatic heterocycles. The fourth-order valence-electron chi connectivity index (χ4n) is 1.92. The lowest BCUT2D eigenvalue weighted by molar-refractivity contribution is 0.973. The number of aryl methyl sites for hydroxylation is 2. The zero-order valence-corrected chi connectivity index (χ0v) is 9.91. The van der Waals surface area contributed by atoms with Crippen LogP contribution < -0.4 is 9.80 Å². The molecule has 0 aliphatic carbocycles. The van der Waals surface area contributed by atoms with Crippen molar-refractivity contribution in [1.29, 1.82) is 0 Å². The summed E-state index contributed by atoms with van der Waals surface area (Å²) in [5, 5.41) is 0. The molecule has 0 fully saturated rings. The van der Waals surface area contributed by atoms with E-state index >= 15 is 0 Å². The molecule has 0 amide bonds. The van der Waals surface area contributed by atoms with E-state index in [2.05, 4.69) is 62.2 Å². The van der Waals surface area contributed by atoms with E-state index in [1.807, 2.05) is 0 Å². The number of benzene rings is 1. The molecule has 0 bridgehead atoms. The maximum Gasteiger partial charge on any atom is 0.0650 e. The molecule has 0 spiro atoms. The highest BCUT2D eigenvalue weighted by molar-refractivity contribution is 5.77. The van der Waals surface area contributed by atoms with Gasteiger partial charge in [0.1, 0.15) is 0 Å². The molecule has 1 aliphatic rings. The van der Waals surface area contributed by atoms with Gasteiger partial charge in [-0.3, -0.25) is 0 Å². The normalized spacial score (nSPS) is 14.4. The van der Waals surface area contributed by atoms with Crippen molar-refractivity contribution in [2.45, 2.75) is 20.8 Å². The van der Waals surface area contributed by atoms with E-state index < -0.39 is 0 Å². The fourth-order valence-corrected chi connectivity index (χ4v) is 1.92. The minimum atomic E-state index is 1.01. The molecular formula is C13H18N2. The van der Waals surface area contributed by atoms with Crippen LogP contribution in [0.25, 0.3) is 0 Å². The van der Waals surface area contributed by atoms with E-state index in [0.717, 1.165) is 6.54 Å². The van der Waals surface area contributed by atoms with Gasteiger partial charge in [0.2, 0.25) is 0 Å². The van der Waals surface area contributed by atoms with Gasteiger partial charge in [0.15, 0.2) is 0 Å². The van der Waals surface area contributed by atoms with E-state index in [4.69, 9.17) is 0 Å². The number of hydrogen-bond acceptors (Lipinski definition) is 2. The molecule has 15 heavy (non-hydrogen) atoms. The zero-order chi connectivity index (χ0) is 11.0. The van der Waals surface area contributed by atoms with Crippen LogP contribution in [0.5, 0.6) is 0 Å². The number of anilines is 2. The summed E-state index contributed by atoms with van der Waals surface area (Å²) in [6.45, 7) is 7.52. The van der Waals surface area contributed by atoms with Gasteiger partial charge >= 0.3 is 0 Å². The molecule has 0 unspecified atom stereocenters. The molecule has 2 rings (SSSR count). The second-order valence-corrected chi connectivity index (χ2v) is 4.12. The molecule has 80 valence electrons. The van der Waals surface area contributed by atoms with Crippen LogP contribution in [0.15, 0.2) is 24.5 Å². The monoisotopic (exact) mass is 202 g/mol. The molecule has 0 atom stereocenters. The summed E-state index contributed by atoms with van der Waals surface area (Å²) >= 11 is 0. The summed E-state index contributed by atoms with van der Waals surface area (Å²) in [6, 6.07) is 4.53. The lowest BCUT2D eigenvalue weighted by Gasteiger charge is -2.31. The quantitative estimate of drug-likeness (QED) is 0.690. The maximum atomic E-state index is 2.28. The van der Waals surface area contributed by atoms with Gasteiger partial charge in [-0.15, -0.1) is 0 Å². The van der Waals surface area contributed by atoms with E-state index in [1.165, 1.54) is 22.5 Å². The van der Waals surface area contributed by atoms with E-state index in [-0.39, 0.29) is 0 Å². The smallest absolute Gasteiger partial charge is 0.0650 e. The molecule has 0 radical (unpaired) electrons. The van der Waals surface area contributed by atoms with Crippen molar-refractivity contribution in [2.24, 2.45) is 0 Å². The van der Waals surface area contributed by atoms with Gasteiger partial charge < -0.3 is 9.80 Å². The Kier molecular flexibility index (Phi) is 2.43. The molecule has 1 aromatic carbocycles. The Labute approximate surface area is 91.8 Å². The molecule has 2 heteroatoms. The van der Waals surface area contributed by atoms with Crippen LogP contribution in [0.1, 0.15) is 18.1 Å². The SMILES string of the molecule is CCN1C=CN(C)c2cc(C)c(C)cc21. The number of hydrogen-bond donors (Lipinski definition) is 0. The van der Waals surface area contributed by atoms with Crippen LogP contribution in [-0.4, -0.2) is 13.6 Å². The minimum Gasteiger partial charge on any atom is -0.348 e. The van der Waals surface area contributed by atoms with Crippen LogP contribution in [0.2, 0.25) is 0 Å². The van der Waals surface area contributed by atoms with Gasteiger partial charge in [-0.1, -0.05) is 0 Å². The summed E-state index contributed by atoms with van der Waals surface area (Å²) in [5.41, 5.74) is 5.32. The molecule has 0 saturated carbocycles. The van der Waals surface area contributed by atoms with Crippen molar-refractivity contribution in [2.75, 3.05) is 23.4 Å². The second-order valence-electron chi connectivity index (χ2n) is 4.12. The summed E-state index contributed by atoms with van der Waals surface area (Å²) in [6.07, 6.45) is 4.25. The first kappa shape index (κ1) is 10.1. The van der Waals surface area contributed by atoms with Crippen molar-refractivity contribution in [1.82, 2.24) is 0 Å². The van der Waals surface area contributed by atoms with Crippen LogP contribution in [-0.2, 0) is 0 Å². The average Bonchev–Trinajstić information content (AvgIpc) is 2.22. The molecule has 1 aliphatic heterocycles. The topological polar surface area (TPSA) is 6.48 Å². The third-order valence-electron chi connectivity index (χ3n) is 3.09. The second kappa shape index (κ2) is 3.61. The number of rotatable bonds is 1. The molecule has 1 aromatic rings. The standard InChI is InChI=1S/C13H18N2/c1-5-15-7-6-14(4)12-8-10(2)11(3)9-13(12)15/h6-9H,5H2,1-4H3. The van der Waals surface area contributed by atoms with Crippen molar-refractivity contribution in [3.8, 4) is 0 Å². The Morgan fingerprint density at radius 2 is 1.60 bits per heavy atom. The van der Waals surface area contributed by atoms with E-state index in [9.17, 15) is 0 Å². The Morgan fingerprint density at radius 3 is 2.20 bits per heavy atom. The van der Waals surface area contributed by atoms with Gasteiger partial charge in [-0.05, 0) is 44.0 Å². The van der Waals surface area contributed by atoms with Crippen LogP contribution in [0, 0.1) is 13.8 Å². The predicted octanol–water partition coefficient (Wildman–Crippen LogP) is 3.05. The lowest BCUT2D eigenvalue weighted by atomic mass is 10.1. The first-order chi connectivity index (χ1) is 7.13. The van der Waals surface area contributed by atoms with Gasteiger partial charge in [0.05, 0.1) is 11.4 Å². The van der Waals surface area contributed by atoms with Gasteiger partial charge in [-0.25, -0.2) is 0 Å². The first-order valence-electron chi connectivity index (χ1n) is 5.42. The minimum absolute atomic E-state index is 1.01. The van der Waals surface area contributed by atoms with E-state index in [0.29, 0.717) is 0 Å². The van der Waals surface area contributed by atoms with E-state index in [1.54, 1.807) is 0 Å². The molecule has 0 N–H and O–H groups in total. The van der Waals surface area contributed by atoms with Crippen molar-refractivity contribution < 1.29 is 0 Å². The fraction of sp³-hybridized carbons (Fsp3) is 0.385. The molecule has 2 nitrogen and oxygen atoms in total. The Hall–Kier alpha value is -1.44.